The lowest BCUT2D eigenvalue weighted by molar-refractivity contribution is 0.102. The molecule has 4 rings (SSSR count). The number of hydrogen-bond donors (Lipinski definition) is 2. The summed E-state index contributed by atoms with van der Waals surface area (Å²) >= 11 is 0. The summed E-state index contributed by atoms with van der Waals surface area (Å²) in [6, 6.07) is 22.7. The van der Waals surface area contributed by atoms with Crippen molar-refractivity contribution in [3.05, 3.63) is 78.4 Å². The molecule has 0 atom stereocenters. The topological polar surface area (TPSA) is 68.0 Å². The monoisotopic (exact) mass is 313 g/mol. The summed E-state index contributed by atoms with van der Waals surface area (Å²) in [6.45, 7) is 0. The summed E-state index contributed by atoms with van der Waals surface area (Å²) in [5.41, 5.74) is 7.69. The molecule has 0 aliphatic heterocycles. The van der Waals surface area contributed by atoms with Crippen molar-refractivity contribution in [1.82, 2.24) is 4.98 Å². The van der Waals surface area contributed by atoms with Gasteiger partial charge < -0.3 is 11.1 Å². The summed E-state index contributed by atoms with van der Waals surface area (Å²) in [5.74, 6) is 0.356. The van der Waals surface area contributed by atoms with Crippen LogP contribution in [0.3, 0.4) is 0 Å². The van der Waals surface area contributed by atoms with Crippen molar-refractivity contribution in [2.45, 2.75) is 0 Å². The minimum Gasteiger partial charge on any atom is -0.399 e. The zero-order chi connectivity index (χ0) is 16.5. The third-order valence-corrected chi connectivity index (χ3v) is 4.01. The average molecular weight is 313 g/mol. The van der Waals surface area contributed by atoms with E-state index in [-0.39, 0.29) is 5.91 Å². The van der Waals surface area contributed by atoms with Gasteiger partial charge in [0.15, 0.2) is 0 Å². The van der Waals surface area contributed by atoms with Crippen LogP contribution >= 0.6 is 0 Å². The highest BCUT2D eigenvalue weighted by atomic mass is 16.1. The van der Waals surface area contributed by atoms with Gasteiger partial charge in [-0.2, -0.15) is 0 Å². The molecular weight excluding hydrogens is 298 g/mol. The van der Waals surface area contributed by atoms with E-state index in [9.17, 15) is 4.79 Å². The van der Waals surface area contributed by atoms with Gasteiger partial charge in [-0.05, 0) is 35.7 Å². The molecule has 4 aromatic rings. The standard InChI is InChI=1S/C20H15N3O/c21-14-11-9-13(10-12-14)20(24)23-19-17-7-2-1-5-15(17)16-6-3-4-8-18(16)22-19/h1-12H,21H2,(H,22,23,24). The van der Waals surface area contributed by atoms with Crippen LogP contribution in [0, 0.1) is 0 Å². The SMILES string of the molecule is Nc1ccc(C(=O)Nc2nc3ccccc3c3ccccc23)cc1. The van der Waals surface area contributed by atoms with Crippen molar-refractivity contribution >= 4 is 39.1 Å². The molecule has 0 aliphatic carbocycles. The first-order valence-corrected chi connectivity index (χ1v) is 7.67. The van der Waals surface area contributed by atoms with Gasteiger partial charge in [0.25, 0.3) is 5.91 Å². The third kappa shape index (κ3) is 2.44. The molecule has 0 radical (unpaired) electrons. The number of carbonyl (C=O) groups excluding carboxylic acids is 1. The summed E-state index contributed by atoms with van der Waals surface area (Å²) in [6.07, 6.45) is 0. The largest absolute Gasteiger partial charge is 0.399 e. The molecule has 1 amide bonds. The van der Waals surface area contributed by atoms with Crippen molar-refractivity contribution in [2.75, 3.05) is 11.1 Å². The first kappa shape index (κ1) is 14.2. The van der Waals surface area contributed by atoms with Crippen LogP contribution in [0.5, 0.6) is 0 Å². The number of amides is 1. The fourth-order valence-corrected chi connectivity index (χ4v) is 2.81. The predicted molar refractivity (Wildman–Crippen MR) is 98.1 cm³/mol. The summed E-state index contributed by atoms with van der Waals surface area (Å²) in [5, 5.41) is 5.97. The lowest BCUT2D eigenvalue weighted by Crippen LogP contribution is -2.13. The zero-order valence-electron chi connectivity index (χ0n) is 12.9. The van der Waals surface area contributed by atoms with E-state index in [0.29, 0.717) is 17.1 Å². The molecule has 1 heterocycles. The maximum Gasteiger partial charge on any atom is 0.256 e. The van der Waals surface area contributed by atoms with Crippen LogP contribution in [0.15, 0.2) is 72.8 Å². The molecule has 1 aromatic heterocycles. The third-order valence-electron chi connectivity index (χ3n) is 4.01. The molecule has 0 aliphatic rings. The molecule has 0 spiro atoms. The summed E-state index contributed by atoms with van der Waals surface area (Å²) in [4.78, 5) is 17.1. The highest BCUT2D eigenvalue weighted by Crippen LogP contribution is 2.29. The van der Waals surface area contributed by atoms with Crippen LogP contribution in [0.1, 0.15) is 10.4 Å². The number of nitrogen functional groups attached to an aromatic ring is 1. The number of aromatic nitrogens is 1. The first-order valence-electron chi connectivity index (χ1n) is 7.67. The van der Waals surface area contributed by atoms with Crippen LogP contribution < -0.4 is 11.1 Å². The van der Waals surface area contributed by atoms with Gasteiger partial charge in [-0.3, -0.25) is 4.79 Å². The molecule has 0 saturated heterocycles. The quantitative estimate of drug-likeness (QED) is 0.430. The minimum absolute atomic E-state index is 0.206. The molecular formula is C20H15N3O. The zero-order valence-corrected chi connectivity index (χ0v) is 12.9. The molecule has 4 nitrogen and oxygen atoms in total. The Morgan fingerprint density at radius 3 is 2.17 bits per heavy atom. The van der Waals surface area contributed by atoms with Gasteiger partial charge in [-0.25, -0.2) is 4.98 Å². The number of rotatable bonds is 2. The first-order chi connectivity index (χ1) is 11.7. The molecule has 0 fully saturated rings. The predicted octanol–water partition coefficient (Wildman–Crippen LogP) is 4.22. The van der Waals surface area contributed by atoms with Crippen molar-refractivity contribution in [3.63, 3.8) is 0 Å². The Morgan fingerprint density at radius 1 is 0.792 bits per heavy atom. The van der Waals surface area contributed by atoms with Crippen molar-refractivity contribution < 1.29 is 4.79 Å². The van der Waals surface area contributed by atoms with Crippen LogP contribution in [-0.4, -0.2) is 10.9 Å². The van der Waals surface area contributed by atoms with Crippen LogP contribution in [0.2, 0.25) is 0 Å². The van der Waals surface area contributed by atoms with E-state index in [1.165, 1.54) is 0 Å². The van der Waals surface area contributed by atoms with Crippen molar-refractivity contribution in [1.29, 1.82) is 0 Å². The molecule has 0 bridgehead atoms. The highest BCUT2D eigenvalue weighted by molar-refractivity contribution is 6.14. The molecule has 3 aromatic carbocycles. The number of para-hydroxylation sites is 1. The number of benzene rings is 3. The van der Waals surface area contributed by atoms with Crippen LogP contribution in [0.4, 0.5) is 11.5 Å². The molecule has 0 saturated carbocycles. The van der Waals surface area contributed by atoms with Gasteiger partial charge in [0.2, 0.25) is 0 Å². The summed E-state index contributed by atoms with van der Waals surface area (Å²) in [7, 11) is 0. The van der Waals surface area contributed by atoms with Crippen molar-refractivity contribution in [2.24, 2.45) is 0 Å². The van der Waals surface area contributed by atoms with E-state index in [1.54, 1.807) is 24.3 Å². The molecule has 116 valence electrons. The molecule has 0 unspecified atom stereocenters. The van der Waals surface area contributed by atoms with Crippen LogP contribution in [-0.2, 0) is 0 Å². The Kier molecular flexibility index (Phi) is 3.35. The number of nitrogens with zero attached hydrogens (tertiary/aromatic N) is 1. The number of hydrogen-bond acceptors (Lipinski definition) is 3. The number of pyridine rings is 1. The number of carbonyl (C=O) groups is 1. The average Bonchev–Trinajstić information content (AvgIpc) is 2.62. The second-order valence-corrected chi connectivity index (χ2v) is 5.60. The minimum atomic E-state index is -0.206. The summed E-state index contributed by atoms with van der Waals surface area (Å²) < 4.78 is 0. The van der Waals surface area contributed by atoms with E-state index < -0.39 is 0 Å². The van der Waals surface area contributed by atoms with Gasteiger partial charge in [0.05, 0.1) is 5.52 Å². The number of anilines is 2. The Morgan fingerprint density at radius 2 is 1.42 bits per heavy atom. The molecule has 4 heteroatoms. The van der Waals surface area contributed by atoms with Gasteiger partial charge in [0.1, 0.15) is 5.82 Å². The highest BCUT2D eigenvalue weighted by Gasteiger charge is 2.12. The molecule has 24 heavy (non-hydrogen) atoms. The van der Waals surface area contributed by atoms with E-state index in [2.05, 4.69) is 10.3 Å². The fraction of sp³-hybridized carbons (Fsp3) is 0. The normalized spacial score (nSPS) is 10.8. The van der Waals surface area contributed by atoms with Gasteiger partial charge in [0, 0.05) is 22.0 Å². The Hall–Kier alpha value is -3.40. The number of fused-ring (bicyclic) bond motifs is 3. The van der Waals surface area contributed by atoms with E-state index in [0.717, 1.165) is 21.7 Å². The van der Waals surface area contributed by atoms with Gasteiger partial charge in [-0.1, -0.05) is 42.5 Å². The number of nitrogens with one attached hydrogen (secondary N) is 1. The lowest BCUT2D eigenvalue weighted by Gasteiger charge is -2.11. The van der Waals surface area contributed by atoms with Crippen molar-refractivity contribution in [3.8, 4) is 0 Å². The smallest absolute Gasteiger partial charge is 0.256 e. The van der Waals surface area contributed by atoms with Gasteiger partial charge >= 0.3 is 0 Å². The van der Waals surface area contributed by atoms with Gasteiger partial charge in [-0.15, -0.1) is 0 Å². The Labute approximate surface area is 138 Å². The van der Waals surface area contributed by atoms with E-state index in [1.807, 2.05) is 48.5 Å². The van der Waals surface area contributed by atoms with E-state index in [4.69, 9.17) is 5.73 Å². The molecule has 3 N–H and O–H groups in total. The Bertz CT molecular complexity index is 1060. The maximum atomic E-state index is 12.5. The Balaban J connectivity index is 1.83. The maximum absolute atomic E-state index is 12.5. The lowest BCUT2D eigenvalue weighted by atomic mass is 10.1. The second kappa shape index (κ2) is 5.66. The van der Waals surface area contributed by atoms with E-state index >= 15 is 0 Å². The number of nitrogens with two attached hydrogens (primary N) is 1. The fourth-order valence-electron chi connectivity index (χ4n) is 2.81. The second-order valence-electron chi connectivity index (χ2n) is 5.60. The van der Waals surface area contributed by atoms with Crippen LogP contribution in [0.25, 0.3) is 21.7 Å².